The Morgan fingerprint density at radius 1 is 1.21 bits per heavy atom. The number of anilines is 1. The summed E-state index contributed by atoms with van der Waals surface area (Å²) in [6.45, 7) is 0.535. The Kier molecular flexibility index (Phi) is 6.52. The maximum Gasteiger partial charge on any atom is 0.243 e. The van der Waals surface area contributed by atoms with Crippen LogP contribution in [0.2, 0.25) is 0 Å². The van der Waals surface area contributed by atoms with Crippen LogP contribution in [-0.4, -0.2) is 38.8 Å². The third-order valence-electron chi connectivity index (χ3n) is 4.96. The summed E-state index contributed by atoms with van der Waals surface area (Å²) in [5.74, 6) is -0.0381. The van der Waals surface area contributed by atoms with Crippen molar-refractivity contribution in [2.24, 2.45) is 5.92 Å². The number of carbonyl (C=O) groups excluding carboxylic acids is 1. The maximum atomic E-state index is 12.9. The second-order valence-electron chi connectivity index (χ2n) is 6.90. The van der Waals surface area contributed by atoms with Gasteiger partial charge in [0, 0.05) is 18.8 Å². The first kappa shape index (κ1) is 20.8. The van der Waals surface area contributed by atoms with Crippen molar-refractivity contribution in [3.8, 4) is 11.8 Å². The van der Waals surface area contributed by atoms with E-state index in [-0.39, 0.29) is 17.3 Å². The molecule has 1 unspecified atom stereocenters. The van der Waals surface area contributed by atoms with E-state index >= 15 is 0 Å². The minimum absolute atomic E-state index is 0.146. The molecule has 0 bridgehead atoms. The van der Waals surface area contributed by atoms with Crippen LogP contribution in [0.15, 0.2) is 53.4 Å². The highest BCUT2D eigenvalue weighted by Crippen LogP contribution is 2.26. The molecule has 0 saturated carbocycles. The number of hydrogen-bond donors (Lipinski definition) is 1. The van der Waals surface area contributed by atoms with Gasteiger partial charge in [-0.05, 0) is 54.8 Å². The molecular formula is C21H23N3O4S. The summed E-state index contributed by atoms with van der Waals surface area (Å²) in [6, 6.07) is 15.4. The number of amides is 1. The number of sulfonamides is 1. The number of piperidine rings is 1. The Bertz CT molecular complexity index is 996. The van der Waals surface area contributed by atoms with Crippen LogP contribution in [0.4, 0.5) is 5.69 Å². The highest BCUT2D eigenvalue weighted by atomic mass is 32.2. The molecule has 7 nitrogen and oxygen atoms in total. The van der Waals surface area contributed by atoms with Gasteiger partial charge in [0.25, 0.3) is 0 Å². The standard InChI is InChI=1S/C21H23N3O4S/c1-28-19-8-10-20(11-9-19)29(26,27)24-14-2-3-17(15-24)21(25)23-18-6-4-16(5-7-18)12-13-22/h4-11,17H,2-3,12,14-15H2,1H3,(H,23,25). The number of hydrogen-bond acceptors (Lipinski definition) is 5. The molecule has 1 aliphatic rings. The molecule has 1 atom stereocenters. The number of benzene rings is 2. The highest BCUT2D eigenvalue weighted by molar-refractivity contribution is 7.89. The van der Waals surface area contributed by atoms with Gasteiger partial charge in [-0.15, -0.1) is 0 Å². The minimum Gasteiger partial charge on any atom is -0.497 e. The molecule has 3 rings (SSSR count). The van der Waals surface area contributed by atoms with E-state index in [1.54, 1.807) is 36.4 Å². The Hall–Kier alpha value is -2.89. The van der Waals surface area contributed by atoms with Crippen LogP contribution in [0.5, 0.6) is 5.75 Å². The van der Waals surface area contributed by atoms with Crippen molar-refractivity contribution in [3.05, 3.63) is 54.1 Å². The number of nitrogens with one attached hydrogen (secondary N) is 1. The molecule has 1 heterocycles. The molecule has 2 aromatic rings. The van der Waals surface area contributed by atoms with E-state index < -0.39 is 15.9 Å². The number of carbonyl (C=O) groups is 1. The van der Waals surface area contributed by atoms with Gasteiger partial charge in [0.15, 0.2) is 0 Å². The summed E-state index contributed by atoms with van der Waals surface area (Å²) in [7, 11) is -2.15. The normalized spacial score (nSPS) is 17.3. The second-order valence-corrected chi connectivity index (χ2v) is 8.84. The zero-order valence-corrected chi connectivity index (χ0v) is 17.0. The third-order valence-corrected chi connectivity index (χ3v) is 6.84. The first-order chi connectivity index (χ1) is 13.9. The van der Waals surface area contributed by atoms with Crippen LogP contribution < -0.4 is 10.1 Å². The predicted octanol–water partition coefficient (Wildman–Crippen LogP) is 2.80. The molecule has 1 amide bonds. The Balaban J connectivity index is 1.67. The molecule has 1 aliphatic heterocycles. The average Bonchev–Trinajstić information content (AvgIpc) is 2.75. The first-order valence-corrected chi connectivity index (χ1v) is 10.8. The molecule has 29 heavy (non-hydrogen) atoms. The lowest BCUT2D eigenvalue weighted by atomic mass is 9.98. The highest BCUT2D eigenvalue weighted by Gasteiger charge is 2.33. The van der Waals surface area contributed by atoms with Gasteiger partial charge in [-0.1, -0.05) is 12.1 Å². The van der Waals surface area contributed by atoms with Gasteiger partial charge in [0.05, 0.1) is 30.4 Å². The summed E-state index contributed by atoms with van der Waals surface area (Å²) in [6.07, 6.45) is 1.57. The van der Waals surface area contributed by atoms with Crippen molar-refractivity contribution in [1.29, 1.82) is 5.26 Å². The van der Waals surface area contributed by atoms with Crippen LogP contribution >= 0.6 is 0 Å². The van der Waals surface area contributed by atoms with Gasteiger partial charge in [-0.3, -0.25) is 4.79 Å². The van der Waals surface area contributed by atoms with Crippen LogP contribution in [0.25, 0.3) is 0 Å². The number of methoxy groups -OCH3 is 1. The lowest BCUT2D eigenvalue weighted by Crippen LogP contribution is -2.43. The monoisotopic (exact) mass is 413 g/mol. The van der Waals surface area contributed by atoms with E-state index in [4.69, 9.17) is 10.00 Å². The topological polar surface area (TPSA) is 99.5 Å². The molecule has 0 aliphatic carbocycles. The van der Waals surface area contributed by atoms with E-state index in [0.717, 1.165) is 5.56 Å². The number of nitrogens with zero attached hydrogens (tertiary/aromatic N) is 2. The number of ether oxygens (including phenoxy) is 1. The SMILES string of the molecule is COc1ccc(S(=O)(=O)N2CCCC(C(=O)Nc3ccc(CC#N)cc3)C2)cc1. The van der Waals surface area contributed by atoms with Crippen LogP contribution in [0.3, 0.4) is 0 Å². The van der Waals surface area contributed by atoms with E-state index in [9.17, 15) is 13.2 Å². The fourth-order valence-corrected chi connectivity index (χ4v) is 4.84. The van der Waals surface area contributed by atoms with Crippen molar-refractivity contribution < 1.29 is 17.9 Å². The van der Waals surface area contributed by atoms with Crippen molar-refractivity contribution in [2.45, 2.75) is 24.2 Å². The average molecular weight is 413 g/mol. The molecule has 0 radical (unpaired) electrons. The van der Waals surface area contributed by atoms with Crippen LogP contribution in [0, 0.1) is 17.2 Å². The zero-order chi connectivity index (χ0) is 20.9. The lowest BCUT2D eigenvalue weighted by molar-refractivity contribution is -0.120. The summed E-state index contributed by atoms with van der Waals surface area (Å²) >= 11 is 0. The summed E-state index contributed by atoms with van der Waals surface area (Å²) in [5.41, 5.74) is 1.51. The van der Waals surface area contributed by atoms with Gasteiger partial charge in [0.1, 0.15) is 5.75 Å². The summed E-state index contributed by atoms with van der Waals surface area (Å²) < 4.78 is 32.3. The number of nitriles is 1. The quantitative estimate of drug-likeness (QED) is 0.785. The van der Waals surface area contributed by atoms with E-state index in [1.165, 1.54) is 23.5 Å². The zero-order valence-electron chi connectivity index (χ0n) is 16.2. The molecule has 1 saturated heterocycles. The molecule has 1 fully saturated rings. The van der Waals surface area contributed by atoms with Gasteiger partial charge >= 0.3 is 0 Å². The molecule has 8 heteroatoms. The molecule has 0 aromatic heterocycles. The molecule has 152 valence electrons. The molecule has 2 aromatic carbocycles. The lowest BCUT2D eigenvalue weighted by Gasteiger charge is -2.31. The van der Waals surface area contributed by atoms with Crippen molar-refractivity contribution >= 4 is 21.6 Å². The Labute approximate surface area is 171 Å². The minimum atomic E-state index is -3.67. The smallest absolute Gasteiger partial charge is 0.243 e. The van der Waals surface area contributed by atoms with E-state index in [1.807, 2.05) is 0 Å². The predicted molar refractivity (Wildman–Crippen MR) is 109 cm³/mol. The summed E-state index contributed by atoms with van der Waals surface area (Å²) in [5, 5.41) is 11.6. The number of rotatable bonds is 6. The largest absolute Gasteiger partial charge is 0.497 e. The van der Waals surface area contributed by atoms with Crippen molar-refractivity contribution in [3.63, 3.8) is 0 Å². The van der Waals surface area contributed by atoms with Gasteiger partial charge in [-0.2, -0.15) is 9.57 Å². The summed E-state index contributed by atoms with van der Waals surface area (Å²) in [4.78, 5) is 12.9. The first-order valence-electron chi connectivity index (χ1n) is 9.35. The van der Waals surface area contributed by atoms with Crippen molar-refractivity contribution in [1.82, 2.24) is 4.31 Å². The second kappa shape index (κ2) is 9.07. The van der Waals surface area contributed by atoms with Crippen molar-refractivity contribution in [2.75, 3.05) is 25.5 Å². The Morgan fingerprint density at radius 2 is 1.90 bits per heavy atom. The fraction of sp³-hybridized carbons (Fsp3) is 0.333. The van der Waals surface area contributed by atoms with E-state index in [2.05, 4.69) is 11.4 Å². The van der Waals surface area contributed by atoms with Gasteiger partial charge in [-0.25, -0.2) is 8.42 Å². The molecular weight excluding hydrogens is 390 g/mol. The third kappa shape index (κ3) is 4.94. The maximum absolute atomic E-state index is 12.9. The van der Waals surface area contributed by atoms with Crippen LogP contribution in [0.1, 0.15) is 18.4 Å². The molecule has 0 spiro atoms. The van der Waals surface area contributed by atoms with Crippen LogP contribution in [-0.2, 0) is 21.2 Å². The molecule has 1 N–H and O–H groups in total. The fourth-order valence-electron chi connectivity index (χ4n) is 3.31. The Morgan fingerprint density at radius 3 is 2.52 bits per heavy atom. The van der Waals surface area contributed by atoms with E-state index in [0.29, 0.717) is 37.2 Å². The van der Waals surface area contributed by atoms with Gasteiger partial charge in [0.2, 0.25) is 15.9 Å². The van der Waals surface area contributed by atoms with Gasteiger partial charge < -0.3 is 10.1 Å².